The molecule has 0 saturated carbocycles. The molecule has 0 bridgehead atoms. The van der Waals surface area contributed by atoms with Gasteiger partial charge in [-0.2, -0.15) is 5.10 Å². The van der Waals surface area contributed by atoms with E-state index in [1.807, 2.05) is 18.2 Å². The van der Waals surface area contributed by atoms with E-state index in [-0.39, 0.29) is 11.8 Å². The van der Waals surface area contributed by atoms with Crippen molar-refractivity contribution in [2.45, 2.75) is 12.5 Å². The molecule has 0 saturated heterocycles. The van der Waals surface area contributed by atoms with Gasteiger partial charge in [-0.15, -0.1) is 0 Å². The number of benzene rings is 1. The Morgan fingerprint density at radius 3 is 3.06 bits per heavy atom. The van der Waals surface area contributed by atoms with Crippen LogP contribution in [0.2, 0.25) is 0 Å². The number of furan rings is 1. The SMILES string of the molecule is Oc1ccc(Br)cc1C1CC(c2ccoc2)=NN1. The fourth-order valence-electron chi connectivity index (χ4n) is 2.04. The summed E-state index contributed by atoms with van der Waals surface area (Å²) >= 11 is 3.41. The van der Waals surface area contributed by atoms with Crippen molar-refractivity contribution in [1.82, 2.24) is 5.43 Å². The van der Waals surface area contributed by atoms with Crippen LogP contribution in [0.15, 0.2) is 50.8 Å². The van der Waals surface area contributed by atoms with Gasteiger partial charge >= 0.3 is 0 Å². The van der Waals surface area contributed by atoms with Crippen molar-refractivity contribution in [3.8, 4) is 5.75 Å². The number of hydrazone groups is 1. The van der Waals surface area contributed by atoms with E-state index in [9.17, 15) is 5.11 Å². The van der Waals surface area contributed by atoms with Gasteiger partial charge in [-0.25, -0.2) is 0 Å². The first-order chi connectivity index (χ1) is 8.74. The fourth-order valence-corrected chi connectivity index (χ4v) is 2.41. The second-order valence-corrected chi connectivity index (χ2v) is 5.08. The van der Waals surface area contributed by atoms with Crippen LogP contribution in [0.4, 0.5) is 0 Å². The molecule has 0 amide bonds. The molecule has 1 atom stereocenters. The summed E-state index contributed by atoms with van der Waals surface area (Å²) in [5, 5.41) is 14.2. The number of hydrogen-bond acceptors (Lipinski definition) is 4. The Morgan fingerprint density at radius 2 is 2.28 bits per heavy atom. The third-order valence-corrected chi connectivity index (χ3v) is 3.47. The highest BCUT2D eigenvalue weighted by Crippen LogP contribution is 2.32. The van der Waals surface area contributed by atoms with Gasteiger partial charge in [0.05, 0.1) is 24.3 Å². The van der Waals surface area contributed by atoms with Crippen molar-refractivity contribution in [2.75, 3.05) is 0 Å². The first kappa shape index (κ1) is 11.3. The summed E-state index contributed by atoms with van der Waals surface area (Å²) < 4.78 is 5.98. The molecule has 3 rings (SSSR count). The maximum atomic E-state index is 9.88. The Kier molecular flexibility index (Phi) is 2.83. The van der Waals surface area contributed by atoms with E-state index in [0.717, 1.165) is 27.7 Å². The quantitative estimate of drug-likeness (QED) is 0.896. The molecule has 0 aliphatic carbocycles. The summed E-state index contributed by atoms with van der Waals surface area (Å²) in [6.45, 7) is 0. The Morgan fingerprint density at radius 1 is 1.39 bits per heavy atom. The lowest BCUT2D eigenvalue weighted by molar-refractivity contribution is 0.455. The molecule has 5 heteroatoms. The zero-order chi connectivity index (χ0) is 12.5. The summed E-state index contributed by atoms with van der Waals surface area (Å²) in [7, 11) is 0. The van der Waals surface area contributed by atoms with Crippen LogP contribution < -0.4 is 5.43 Å². The standard InChI is InChI=1S/C13H11BrN2O2/c14-9-1-2-13(17)10(5-9)12-6-11(15-16-12)8-3-4-18-7-8/h1-5,7,12,16-17H,6H2. The summed E-state index contributed by atoms with van der Waals surface area (Å²) in [4.78, 5) is 0. The largest absolute Gasteiger partial charge is 0.508 e. The third kappa shape index (κ3) is 2.01. The van der Waals surface area contributed by atoms with Gasteiger partial charge in [0.1, 0.15) is 5.75 Å². The Labute approximate surface area is 112 Å². The van der Waals surface area contributed by atoms with Crippen molar-refractivity contribution in [3.05, 3.63) is 52.4 Å². The van der Waals surface area contributed by atoms with Crippen LogP contribution in [0.1, 0.15) is 23.6 Å². The van der Waals surface area contributed by atoms with Crippen LogP contribution in [0, 0.1) is 0 Å². The molecule has 18 heavy (non-hydrogen) atoms. The van der Waals surface area contributed by atoms with E-state index in [2.05, 4.69) is 26.5 Å². The van der Waals surface area contributed by atoms with E-state index in [0.29, 0.717) is 0 Å². The highest BCUT2D eigenvalue weighted by Gasteiger charge is 2.24. The van der Waals surface area contributed by atoms with E-state index in [4.69, 9.17) is 4.42 Å². The molecule has 1 aromatic heterocycles. The molecule has 2 aromatic rings. The minimum atomic E-state index is -0.00704. The number of hydrogen-bond donors (Lipinski definition) is 2. The van der Waals surface area contributed by atoms with Gasteiger partial charge in [0.2, 0.25) is 0 Å². The van der Waals surface area contributed by atoms with Crippen molar-refractivity contribution in [1.29, 1.82) is 0 Å². The number of halogens is 1. The number of rotatable bonds is 2. The van der Waals surface area contributed by atoms with E-state index in [1.165, 1.54) is 0 Å². The maximum Gasteiger partial charge on any atom is 0.120 e. The second-order valence-electron chi connectivity index (χ2n) is 4.16. The lowest BCUT2D eigenvalue weighted by Crippen LogP contribution is -2.10. The van der Waals surface area contributed by atoms with Crippen molar-refractivity contribution < 1.29 is 9.52 Å². The van der Waals surface area contributed by atoms with Gasteiger partial charge in [-0.1, -0.05) is 15.9 Å². The summed E-state index contributed by atoms with van der Waals surface area (Å²) in [6, 6.07) is 7.26. The zero-order valence-corrected chi connectivity index (χ0v) is 11.0. The predicted molar refractivity (Wildman–Crippen MR) is 71.5 cm³/mol. The molecule has 2 N–H and O–H groups in total. The minimum absolute atomic E-state index is 0.00704. The summed E-state index contributed by atoms with van der Waals surface area (Å²) in [6.07, 6.45) is 4.02. The average molecular weight is 307 g/mol. The molecule has 0 radical (unpaired) electrons. The normalized spacial score (nSPS) is 18.5. The Bertz CT molecular complexity index is 593. The number of nitrogens with one attached hydrogen (secondary N) is 1. The van der Waals surface area contributed by atoms with Gasteiger partial charge in [0.25, 0.3) is 0 Å². The molecule has 1 unspecified atom stereocenters. The van der Waals surface area contributed by atoms with Gasteiger partial charge in [0, 0.05) is 22.0 Å². The van der Waals surface area contributed by atoms with Crippen LogP contribution in [0.3, 0.4) is 0 Å². The molecule has 0 fully saturated rings. The van der Waals surface area contributed by atoms with Gasteiger partial charge < -0.3 is 14.9 Å². The van der Waals surface area contributed by atoms with Crippen molar-refractivity contribution in [2.24, 2.45) is 5.10 Å². The monoisotopic (exact) mass is 306 g/mol. The molecular formula is C13H11BrN2O2. The van der Waals surface area contributed by atoms with Crippen LogP contribution >= 0.6 is 15.9 Å². The molecule has 92 valence electrons. The highest BCUT2D eigenvalue weighted by atomic mass is 79.9. The van der Waals surface area contributed by atoms with Gasteiger partial charge in [0.15, 0.2) is 0 Å². The molecule has 1 aliphatic heterocycles. The van der Waals surface area contributed by atoms with Crippen molar-refractivity contribution >= 4 is 21.6 Å². The number of phenolic OH excluding ortho intramolecular Hbond substituents is 1. The van der Waals surface area contributed by atoms with Crippen LogP contribution in [0.5, 0.6) is 5.75 Å². The molecule has 0 spiro atoms. The van der Waals surface area contributed by atoms with Crippen LogP contribution in [0.25, 0.3) is 0 Å². The second kappa shape index (κ2) is 4.49. The molecule has 4 nitrogen and oxygen atoms in total. The van der Waals surface area contributed by atoms with Gasteiger partial charge in [-0.3, -0.25) is 0 Å². The third-order valence-electron chi connectivity index (χ3n) is 2.97. The van der Waals surface area contributed by atoms with Gasteiger partial charge in [-0.05, 0) is 24.3 Å². The molecule has 1 aromatic carbocycles. The van der Waals surface area contributed by atoms with E-state index in [1.54, 1.807) is 18.6 Å². The van der Waals surface area contributed by atoms with Crippen molar-refractivity contribution in [3.63, 3.8) is 0 Å². The average Bonchev–Trinajstić information content (AvgIpc) is 3.00. The number of nitrogens with zero attached hydrogens (tertiary/aromatic N) is 1. The topological polar surface area (TPSA) is 57.8 Å². The van der Waals surface area contributed by atoms with Crippen LogP contribution in [-0.2, 0) is 0 Å². The molecule has 2 heterocycles. The smallest absolute Gasteiger partial charge is 0.120 e. The number of aromatic hydroxyl groups is 1. The number of phenols is 1. The minimum Gasteiger partial charge on any atom is -0.508 e. The zero-order valence-electron chi connectivity index (χ0n) is 9.43. The fraction of sp³-hybridized carbons (Fsp3) is 0.154. The summed E-state index contributed by atoms with van der Waals surface area (Å²) in [5.41, 5.74) is 5.79. The molecular weight excluding hydrogens is 296 g/mol. The maximum absolute atomic E-state index is 9.88. The highest BCUT2D eigenvalue weighted by molar-refractivity contribution is 9.10. The lowest BCUT2D eigenvalue weighted by atomic mass is 10.00. The Balaban J connectivity index is 1.84. The molecule has 1 aliphatic rings. The van der Waals surface area contributed by atoms with Crippen LogP contribution in [-0.4, -0.2) is 10.8 Å². The lowest BCUT2D eigenvalue weighted by Gasteiger charge is -2.12. The summed E-state index contributed by atoms with van der Waals surface area (Å²) in [5.74, 6) is 0.277. The first-order valence-electron chi connectivity index (χ1n) is 5.57. The van der Waals surface area contributed by atoms with E-state index < -0.39 is 0 Å². The predicted octanol–water partition coefficient (Wildman–Crippen LogP) is 3.19. The first-order valence-corrected chi connectivity index (χ1v) is 6.36. The Hall–Kier alpha value is -1.75. The van der Waals surface area contributed by atoms with E-state index >= 15 is 0 Å².